The van der Waals surface area contributed by atoms with Crippen molar-refractivity contribution in [2.24, 2.45) is 0 Å². The fraction of sp³-hybridized carbons (Fsp3) is 1.00. The molecular formula is C7H20O2P+. The van der Waals surface area contributed by atoms with Crippen LogP contribution in [0.15, 0.2) is 0 Å². The lowest BCUT2D eigenvalue weighted by molar-refractivity contribution is 0.452. The molecule has 0 radical (unpaired) electrons. The summed E-state index contributed by atoms with van der Waals surface area (Å²) in [5, 5.41) is 0. The Hall–Kier alpha value is 0.350. The Morgan fingerprint density at radius 1 is 0.900 bits per heavy atom. The van der Waals surface area contributed by atoms with E-state index in [-0.39, 0.29) is 0 Å². The molecule has 0 saturated heterocycles. The molecule has 0 fully saturated rings. The predicted molar refractivity (Wildman–Crippen MR) is 48.4 cm³/mol. The van der Waals surface area contributed by atoms with Crippen molar-refractivity contribution in [1.82, 2.24) is 0 Å². The van der Waals surface area contributed by atoms with Crippen molar-refractivity contribution in [3.63, 3.8) is 0 Å². The van der Waals surface area contributed by atoms with Crippen molar-refractivity contribution in [2.75, 3.05) is 12.3 Å². The van der Waals surface area contributed by atoms with Crippen molar-refractivity contribution in [2.45, 2.75) is 34.1 Å². The van der Waals surface area contributed by atoms with Crippen LogP contribution in [-0.2, 0) is 0 Å². The lowest BCUT2D eigenvalue weighted by Gasteiger charge is -2.04. The normalized spacial score (nSPS) is 10.2. The smallest absolute Gasteiger partial charge is 0.220 e. The Labute approximate surface area is 64.8 Å². The Balaban J connectivity index is 0. The summed E-state index contributed by atoms with van der Waals surface area (Å²) in [4.78, 5) is 17.6. The summed E-state index contributed by atoms with van der Waals surface area (Å²) in [5.41, 5.74) is 0. The molecule has 10 heavy (non-hydrogen) atoms. The zero-order chi connectivity index (χ0) is 8.62. The van der Waals surface area contributed by atoms with Crippen LogP contribution in [0, 0.1) is 0 Å². The molecule has 64 valence electrons. The number of hydrogen-bond donors (Lipinski definition) is 2. The largest absolute Gasteiger partial charge is 0.267 e. The third-order valence-electron chi connectivity index (χ3n) is 1.01. The highest BCUT2D eigenvalue weighted by molar-refractivity contribution is 7.64. The van der Waals surface area contributed by atoms with E-state index in [4.69, 9.17) is 9.79 Å². The summed E-state index contributed by atoms with van der Waals surface area (Å²) in [5.74, 6) is 0. The Bertz CT molecular complexity index is 58.6. The van der Waals surface area contributed by atoms with E-state index in [1.165, 1.54) is 6.42 Å². The monoisotopic (exact) mass is 167 g/mol. The number of hydrogen-bond acceptors (Lipinski definition) is 2. The van der Waals surface area contributed by atoms with E-state index in [2.05, 4.69) is 13.8 Å². The quantitative estimate of drug-likeness (QED) is 0.619. The first kappa shape index (κ1) is 13.0. The van der Waals surface area contributed by atoms with Gasteiger partial charge < -0.3 is 0 Å². The van der Waals surface area contributed by atoms with Crippen molar-refractivity contribution in [3.05, 3.63) is 0 Å². The van der Waals surface area contributed by atoms with E-state index in [0.717, 1.165) is 0 Å². The minimum Gasteiger partial charge on any atom is -0.220 e. The van der Waals surface area contributed by atoms with E-state index < -0.39 is 7.72 Å². The molecule has 0 atom stereocenters. The SMILES string of the molecule is CCC.CC[P+](O)(O)CC. The average Bonchev–Trinajstić information content (AvgIpc) is 1.90. The van der Waals surface area contributed by atoms with Gasteiger partial charge in [0, 0.05) is 0 Å². The van der Waals surface area contributed by atoms with Crippen LogP contribution in [-0.4, -0.2) is 22.1 Å². The van der Waals surface area contributed by atoms with Gasteiger partial charge in [-0.15, -0.1) is 0 Å². The molecule has 0 spiro atoms. The molecule has 0 heterocycles. The van der Waals surface area contributed by atoms with E-state index >= 15 is 0 Å². The van der Waals surface area contributed by atoms with E-state index in [0.29, 0.717) is 12.3 Å². The lowest BCUT2D eigenvalue weighted by atomic mass is 10.6. The highest BCUT2D eigenvalue weighted by atomic mass is 31.2. The second-order valence-corrected chi connectivity index (χ2v) is 5.24. The van der Waals surface area contributed by atoms with Gasteiger partial charge >= 0.3 is 0 Å². The summed E-state index contributed by atoms with van der Waals surface area (Å²) in [6, 6.07) is 0. The van der Waals surface area contributed by atoms with Crippen molar-refractivity contribution < 1.29 is 9.79 Å². The van der Waals surface area contributed by atoms with Gasteiger partial charge in [-0.1, -0.05) is 20.3 Å². The molecule has 0 aromatic rings. The average molecular weight is 167 g/mol. The first-order valence-corrected chi connectivity index (χ1v) is 5.93. The molecule has 0 bridgehead atoms. The Morgan fingerprint density at radius 3 is 1.10 bits per heavy atom. The van der Waals surface area contributed by atoms with Crippen molar-refractivity contribution in [1.29, 1.82) is 0 Å². The van der Waals surface area contributed by atoms with Crippen LogP contribution in [0.3, 0.4) is 0 Å². The molecule has 3 heteroatoms. The fourth-order valence-electron chi connectivity index (χ4n) is 0.224. The van der Waals surface area contributed by atoms with Crippen LogP contribution in [0.1, 0.15) is 34.1 Å². The van der Waals surface area contributed by atoms with Gasteiger partial charge in [0.2, 0.25) is 0 Å². The summed E-state index contributed by atoms with van der Waals surface area (Å²) in [7, 11) is -2.40. The Morgan fingerprint density at radius 2 is 1.10 bits per heavy atom. The molecule has 0 rings (SSSR count). The molecule has 2 N–H and O–H groups in total. The van der Waals surface area contributed by atoms with Gasteiger partial charge in [0.05, 0.1) is 0 Å². The van der Waals surface area contributed by atoms with Gasteiger partial charge in [0.25, 0.3) is 7.72 Å². The topological polar surface area (TPSA) is 40.5 Å². The summed E-state index contributed by atoms with van der Waals surface area (Å²) < 4.78 is 0. The molecule has 0 aliphatic rings. The first-order valence-electron chi connectivity index (χ1n) is 3.86. The van der Waals surface area contributed by atoms with Crippen molar-refractivity contribution >= 4 is 7.72 Å². The van der Waals surface area contributed by atoms with Gasteiger partial charge in [-0.05, 0) is 13.8 Å². The summed E-state index contributed by atoms with van der Waals surface area (Å²) >= 11 is 0. The molecular weight excluding hydrogens is 147 g/mol. The molecule has 0 aromatic carbocycles. The van der Waals surface area contributed by atoms with Crippen molar-refractivity contribution in [3.8, 4) is 0 Å². The van der Waals surface area contributed by atoms with Gasteiger partial charge in [-0.2, -0.15) is 0 Å². The summed E-state index contributed by atoms with van der Waals surface area (Å²) in [6.45, 7) is 7.83. The van der Waals surface area contributed by atoms with E-state index in [1.807, 2.05) is 0 Å². The van der Waals surface area contributed by atoms with Crippen LogP contribution in [0.4, 0.5) is 0 Å². The highest BCUT2D eigenvalue weighted by Gasteiger charge is 2.25. The molecule has 0 aromatic heterocycles. The molecule has 0 aliphatic heterocycles. The standard InChI is InChI=1S/C4H12O2P.C3H8/c1-3-7(5,6)4-2;1-3-2/h5-6H,3-4H2,1-2H3;3H2,1-2H3/q+1;. The molecule has 0 amide bonds. The maximum Gasteiger partial charge on any atom is 0.267 e. The van der Waals surface area contributed by atoms with Gasteiger partial charge in [-0.25, -0.2) is 9.79 Å². The van der Waals surface area contributed by atoms with Crippen LogP contribution in [0.25, 0.3) is 0 Å². The molecule has 0 unspecified atom stereocenters. The van der Waals surface area contributed by atoms with E-state index in [9.17, 15) is 0 Å². The zero-order valence-electron chi connectivity index (χ0n) is 7.46. The lowest BCUT2D eigenvalue weighted by Crippen LogP contribution is -1.94. The van der Waals surface area contributed by atoms with Crippen LogP contribution in [0.2, 0.25) is 0 Å². The van der Waals surface area contributed by atoms with Crippen LogP contribution < -0.4 is 0 Å². The van der Waals surface area contributed by atoms with E-state index in [1.54, 1.807) is 13.8 Å². The molecule has 0 saturated carbocycles. The minimum atomic E-state index is -2.40. The first-order chi connectivity index (χ1) is 4.54. The molecule has 0 aliphatic carbocycles. The van der Waals surface area contributed by atoms with Gasteiger partial charge in [0.1, 0.15) is 12.3 Å². The third kappa shape index (κ3) is 11.2. The predicted octanol–water partition coefficient (Wildman–Crippen LogP) is 2.27. The van der Waals surface area contributed by atoms with Gasteiger partial charge in [0.15, 0.2) is 0 Å². The fourth-order valence-corrected chi connectivity index (χ4v) is 0.671. The third-order valence-corrected chi connectivity index (χ3v) is 3.04. The minimum absolute atomic E-state index is 0.517. The van der Waals surface area contributed by atoms with Crippen LogP contribution in [0.5, 0.6) is 0 Å². The zero-order valence-corrected chi connectivity index (χ0v) is 8.36. The number of rotatable bonds is 2. The molecule has 2 nitrogen and oxygen atoms in total. The summed E-state index contributed by atoms with van der Waals surface area (Å²) in [6.07, 6.45) is 2.28. The van der Waals surface area contributed by atoms with Gasteiger partial charge in [-0.3, -0.25) is 0 Å². The van der Waals surface area contributed by atoms with Crippen LogP contribution >= 0.6 is 7.72 Å². The Kier molecular flexibility index (Phi) is 9.68. The maximum absolute atomic E-state index is 8.80. The highest BCUT2D eigenvalue weighted by Crippen LogP contribution is 2.48. The second-order valence-electron chi connectivity index (χ2n) is 2.22. The maximum atomic E-state index is 8.80. The second kappa shape index (κ2) is 7.46.